The molecule has 5 nitrogen and oxygen atoms in total. The Bertz CT molecular complexity index is 548. The standard InChI is InChI=1S/C23H44O5S.Na/c1-3-5-7-8-9-10-11-12-13-14-15-16-17-19-21-23(22(24)25,29(26,27)28)20-18-6-4-2;/h12-13H,3-11,14-21H2,1-2H3,(H,24,25)(H,26,27,28);/q;+1/p-1/b13-12-;. The Morgan fingerprint density at radius 2 is 1.13 bits per heavy atom. The summed E-state index contributed by atoms with van der Waals surface area (Å²) < 4.78 is 30.9. The third kappa shape index (κ3) is 14.2. The molecule has 0 saturated heterocycles. The van der Waals surface area contributed by atoms with E-state index < -0.39 is 20.8 Å². The molecule has 1 N–H and O–H groups in total. The van der Waals surface area contributed by atoms with Gasteiger partial charge >= 0.3 is 29.6 Å². The van der Waals surface area contributed by atoms with Crippen molar-refractivity contribution in [3.63, 3.8) is 0 Å². The van der Waals surface area contributed by atoms with Crippen molar-refractivity contribution in [2.75, 3.05) is 0 Å². The van der Waals surface area contributed by atoms with Crippen molar-refractivity contribution in [2.45, 2.75) is 128 Å². The molecule has 7 heteroatoms. The summed E-state index contributed by atoms with van der Waals surface area (Å²) in [5.41, 5.74) is 0. The van der Waals surface area contributed by atoms with Crippen LogP contribution < -0.4 is 34.7 Å². The predicted molar refractivity (Wildman–Crippen MR) is 118 cm³/mol. The SMILES string of the molecule is CCCCCCCC/C=C\CCCCCCC(CCCCC)(C(=O)[O-])S(=O)(=O)O.[Na+]. The average Bonchev–Trinajstić information content (AvgIpc) is 2.65. The van der Waals surface area contributed by atoms with Crippen LogP contribution >= 0.6 is 0 Å². The monoisotopic (exact) mass is 454 g/mol. The van der Waals surface area contributed by atoms with Gasteiger partial charge in [-0.15, -0.1) is 0 Å². The van der Waals surface area contributed by atoms with Gasteiger partial charge in [-0.3, -0.25) is 4.55 Å². The Hall–Kier alpha value is 0.120. The molecule has 0 rings (SSSR count). The first-order valence-electron chi connectivity index (χ1n) is 11.6. The van der Waals surface area contributed by atoms with E-state index in [-0.39, 0.29) is 42.4 Å². The van der Waals surface area contributed by atoms with Gasteiger partial charge in [-0.1, -0.05) is 96.6 Å². The van der Waals surface area contributed by atoms with Crippen LogP contribution in [0, 0.1) is 0 Å². The van der Waals surface area contributed by atoms with Gasteiger partial charge in [0.15, 0.2) is 0 Å². The second-order valence-electron chi connectivity index (χ2n) is 8.19. The number of unbranched alkanes of at least 4 members (excludes halogenated alkanes) is 12. The van der Waals surface area contributed by atoms with Crippen LogP contribution in [0.15, 0.2) is 12.2 Å². The topological polar surface area (TPSA) is 94.5 Å². The first-order valence-corrected chi connectivity index (χ1v) is 13.1. The maximum Gasteiger partial charge on any atom is 1.00 e. The molecule has 0 heterocycles. The van der Waals surface area contributed by atoms with Crippen molar-refractivity contribution in [1.82, 2.24) is 0 Å². The largest absolute Gasteiger partial charge is 1.00 e. The normalized spacial score (nSPS) is 13.8. The van der Waals surface area contributed by atoms with Gasteiger partial charge in [0, 0.05) is 0 Å². The maximum atomic E-state index is 11.8. The number of rotatable bonds is 20. The van der Waals surface area contributed by atoms with Gasteiger partial charge < -0.3 is 9.90 Å². The van der Waals surface area contributed by atoms with Crippen LogP contribution in [-0.4, -0.2) is 23.7 Å². The first-order chi connectivity index (χ1) is 13.8. The molecular formula is C23H43NaO5S. The summed E-state index contributed by atoms with van der Waals surface area (Å²) in [6.45, 7) is 4.18. The molecule has 172 valence electrons. The van der Waals surface area contributed by atoms with E-state index >= 15 is 0 Å². The molecule has 0 radical (unpaired) electrons. The number of hydrogen-bond donors (Lipinski definition) is 1. The van der Waals surface area contributed by atoms with Crippen molar-refractivity contribution in [2.24, 2.45) is 0 Å². The van der Waals surface area contributed by atoms with E-state index in [4.69, 9.17) is 0 Å². The molecule has 0 spiro atoms. The van der Waals surface area contributed by atoms with Crippen molar-refractivity contribution in [3.8, 4) is 0 Å². The summed E-state index contributed by atoms with van der Waals surface area (Å²) in [4.78, 5) is 11.6. The summed E-state index contributed by atoms with van der Waals surface area (Å²) >= 11 is 0. The Morgan fingerprint density at radius 1 is 0.767 bits per heavy atom. The summed E-state index contributed by atoms with van der Waals surface area (Å²) in [7, 11) is -4.70. The zero-order valence-electron chi connectivity index (χ0n) is 19.7. The van der Waals surface area contributed by atoms with E-state index in [1.54, 1.807) is 0 Å². The molecular weight excluding hydrogens is 411 g/mol. The molecule has 0 amide bonds. The molecule has 30 heavy (non-hydrogen) atoms. The third-order valence-electron chi connectivity index (χ3n) is 5.64. The maximum absolute atomic E-state index is 11.8. The number of carboxylic acids is 1. The molecule has 1 atom stereocenters. The Labute approximate surface area is 207 Å². The van der Waals surface area contributed by atoms with Gasteiger partial charge in [-0.05, 0) is 38.5 Å². The van der Waals surface area contributed by atoms with E-state index in [1.165, 1.54) is 38.5 Å². The minimum Gasteiger partial charge on any atom is -0.548 e. The van der Waals surface area contributed by atoms with Gasteiger partial charge in [0.2, 0.25) is 0 Å². The molecule has 0 aliphatic heterocycles. The van der Waals surface area contributed by atoms with Gasteiger partial charge in [0.05, 0.1) is 5.97 Å². The van der Waals surface area contributed by atoms with E-state index in [0.29, 0.717) is 12.8 Å². The van der Waals surface area contributed by atoms with Crippen molar-refractivity contribution >= 4 is 16.1 Å². The average molecular weight is 455 g/mol. The molecule has 0 aliphatic carbocycles. The van der Waals surface area contributed by atoms with Crippen LogP contribution in [0.3, 0.4) is 0 Å². The molecule has 0 aromatic heterocycles. The number of hydrogen-bond acceptors (Lipinski definition) is 4. The predicted octanol–water partition coefficient (Wildman–Crippen LogP) is 2.59. The third-order valence-corrected chi connectivity index (χ3v) is 7.20. The number of carbonyl (C=O) groups excluding carboxylic acids is 1. The fourth-order valence-electron chi connectivity index (χ4n) is 3.66. The number of carboxylic acid groups (broad SMARTS) is 1. The minimum atomic E-state index is -4.70. The summed E-state index contributed by atoms with van der Waals surface area (Å²) in [6.07, 6.45) is 19.4. The summed E-state index contributed by atoms with van der Waals surface area (Å²) in [5.74, 6) is -1.67. The van der Waals surface area contributed by atoms with E-state index in [0.717, 1.165) is 44.9 Å². The van der Waals surface area contributed by atoms with Gasteiger partial charge in [-0.2, -0.15) is 8.42 Å². The van der Waals surface area contributed by atoms with Gasteiger partial charge in [0.25, 0.3) is 10.1 Å². The Kier molecular flexibility index (Phi) is 21.3. The van der Waals surface area contributed by atoms with Crippen LogP contribution in [-0.2, 0) is 14.9 Å². The Balaban J connectivity index is 0. The van der Waals surface area contributed by atoms with E-state index in [9.17, 15) is 22.9 Å². The first kappa shape index (κ1) is 32.3. The van der Waals surface area contributed by atoms with Crippen LogP contribution in [0.4, 0.5) is 0 Å². The molecule has 0 fully saturated rings. The van der Waals surface area contributed by atoms with Crippen molar-refractivity contribution < 1.29 is 52.4 Å². The number of allylic oxidation sites excluding steroid dienone is 2. The zero-order chi connectivity index (χ0) is 22.0. The molecule has 0 aromatic rings. The van der Waals surface area contributed by atoms with Crippen molar-refractivity contribution in [1.29, 1.82) is 0 Å². The molecule has 0 saturated carbocycles. The van der Waals surface area contributed by atoms with E-state index in [2.05, 4.69) is 19.1 Å². The Morgan fingerprint density at radius 3 is 1.57 bits per heavy atom. The quantitative estimate of drug-likeness (QED) is 0.132. The van der Waals surface area contributed by atoms with Crippen LogP contribution in [0.5, 0.6) is 0 Å². The molecule has 0 bridgehead atoms. The fourth-order valence-corrected chi connectivity index (χ4v) is 4.67. The zero-order valence-corrected chi connectivity index (χ0v) is 22.5. The van der Waals surface area contributed by atoms with Crippen molar-refractivity contribution in [3.05, 3.63) is 12.2 Å². The van der Waals surface area contributed by atoms with Crippen LogP contribution in [0.1, 0.15) is 123 Å². The molecule has 1 unspecified atom stereocenters. The number of aliphatic carboxylic acids is 1. The summed E-state index contributed by atoms with van der Waals surface area (Å²) in [6, 6.07) is 0. The van der Waals surface area contributed by atoms with Crippen LogP contribution in [0.2, 0.25) is 0 Å². The van der Waals surface area contributed by atoms with E-state index in [1.807, 2.05) is 6.92 Å². The van der Waals surface area contributed by atoms with Gasteiger partial charge in [-0.25, -0.2) is 0 Å². The smallest absolute Gasteiger partial charge is 0.548 e. The molecule has 0 aliphatic rings. The molecule has 0 aromatic carbocycles. The second-order valence-corrected chi connectivity index (χ2v) is 9.93. The second kappa shape index (κ2) is 19.8. The van der Waals surface area contributed by atoms with Crippen LogP contribution in [0.25, 0.3) is 0 Å². The fraction of sp³-hybridized carbons (Fsp3) is 0.870. The number of carbonyl (C=O) groups is 1. The summed E-state index contributed by atoms with van der Waals surface area (Å²) in [5, 5.41) is 11.6. The minimum absolute atomic E-state index is 0. The van der Waals surface area contributed by atoms with Gasteiger partial charge in [0.1, 0.15) is 4.75 Å².